The van der Waals surface area contributed by atoms with Crippen LogP contribution in [0.1, 0.15) is 20.7 Å². The molecule has 0 saturated carbocycles. The number of halogens is 2. The van der Waals surface area contributed by atoms with Crippen molar-refractivity contribution in [3.8, 4) is 0 Å². The second-order valence-corrected chi connectivity index (χ2v) is 7.40. The van der Waals surface area contributed by atoms with Crippen LogP contribution in [0.3, 0.4) is 0 Å². The van der Waals surface area contributed by atoms with Crippen LogP contribution >= 0.6 is 15.9 Å². The van der Waals surface area contributed by atoms with Crippen molar-refractivity contribution in [2.45, 2.75) is 17.1 Å². The molecule has 0 N–H and O–H groups in total. The van der Waals surface area contributed by atoms with E-state index in [1.54, 1.807) is 67.7 Å². The molecule has 0 unspecified atom stereocenters. The largest absolute Gasteiger partial charge is 0.461 e. The minimum atomic E-state index is -1.59. The van der Waals surface area contributed by atoms with Gasteiger partial charge in [0.25, 0.3) is 0 Å². The molecule has 156 valence electrons. The molecule has 3 atom stereocenters. The summed E-state index contributed by atoms with van der Waals surface area (Å²) in [5, 5.41) is 1.28. The fraction of sp³-hybridized carbons (Fsp3) is 0.333. The van der Waals surface area contributed by atoms with Gasteiger partial charge in [-0.15, -0.1) is 0 Å². The maximum Gasteiger partial charge on any atom is 0.338 e. The van der Waals surface area contributed by atoms with Gasteiger partial charge in [0.1, 0.15) is 6.61 Å². The molecule has 29 heavy (non-hydrogen) atoms. The van der Waals surface area contributed by atoms with Gasteiger partial charge in [-0.25, -0.2) is 14.0 Å². The molecule has 0 aliphatic carbocycles. The zero-order chi connectivity index (χ0) is 21.2. The van der Waals surface area contributed by atoms with Crippen LogP contribution in [-0.2, 0) is 14.3 Å². The van der Waals surface area contributed by atoms with Crippen molar-refractivity contribution in [2.75, 3.05) is 27.3 Å². The van der Waals surface area contributed by atoms with Crippen LogP contribution in [0.15, 0.2) is 60.7 Å². The molecular formula is C21H23BrFNO5. The highest BCUT2D eigenvalue weighted by atomic mass is 79.9. The van der Waals surface area contributed by atoms with E-state index in [-0.39, 0.29) is 13.2 Å². The Morgan fingerprint density at radius 2 is 1.52 bits per heavy atom. The second kappa shape index (κ2) is 11.6. The minimum Gasteiger partial charge on any atom is -0.461 e. The van der Waals surface area contributed by atoms with E-state index in [1.807, 2.05) is 0 Å². The molecule has 0 heterocycles. The lowest BCUT2D eigenvalue weighted by molar-refractivity contribution is -0.130. The molecule has 0 amide bonds. The molecule has 2 aromatic rings. The number of ether oxygens (including phenoxy) is 2. The molecule has 2 rings (SSSR count). The average molecular weight is 468 g/mol. The van der Waals surface area contributed by atoms with Gasteiger partial charge in [0.2, 0.25) is 0 Å². The maximum absolute atomic E-state index is 14.9. The van der Waals surface area contributed by atoms with Gasteiger partial charge in [0.15, 0.2) is 12.3 Å². The molecule has 6 nitrogen and oxygen atoms in total. The Morgan fingerprint density at radius 1 is 1.00 bits per heavy atom. The standard InChI is InChI=1S/C21H23BrFNO5/c1-24(27-2)13-18(23)19(29-21(26)16-11-7-4-8-12-16)17(22)14-28-20(25)15-9-5-3-6-10-15/h3-12,17-19H,13-14H2,1-2H3/t17-,18-,19-/m1/s1. The number of benzene rings is 2. The Morgan fingerprint density at radius 3 is 2.03 bits per heavy atom. The van der Waals surface area contributed by atoms with Crippen molar-refractivity contribution in [3.63, 3.8) is 0 Å². The van der Waals surface area contributed by atoms with Crippen LogP contribution in [-0.4, -0.2) is 61.4 Å². The van der Waals surface area contributed by atoms with Crippen molar-refractivity contribution in [2.24, 2.45) is 0 Å². The predicted molar refractivity (Wildman–Crippen MR) is 110 cm³/mol. The third kappa shape index (κ3) is 7.23. The van der Waals surface area contributed by atoms with E-state index in [1.165, 1.54) is 12.2 Å². The van der Waals surface area contributed by atoms with Crippen molar-refractivity contribution in [1.29, 1.82) is 0 Å². The highest BCUT2D eigenvalue weighted by Crippen LogP contribution is 2.20. The summed E-state index contributed by atoms with van der Waals surface area (Å²) in [5.74, 6) is -1.22. The molecule has 8 heteroatoms. The number of hydrogen-bond acceptors (Lipinski definition) is 6. The van der Waals surface area contributed by atoms with Gasteiger partial charge in [-0.1, -0.05) is 52.3 Å². The third-order valence-electron chi connectivity index (χ3n) is 4.09. The van der Waals surface area contributed by atoms with Crippen LogP contribution in [0.25, 0.3) is 0 Å². The first-order chi connectivity index (χ1) is 13.9. The lowest BCUT2D eigenvalue weighted by Gasteiger charge is -2.27. The van der Waals surface area contributed by atoms with Gasteiger partial charge in [0.05, 0.1) is 29.6 Å². The van der Waals surface area contributed by atoms with Gasteiger partial charge in [-0.2, -0.15) is 5.06 Å². The van der Waals surface area contributed by atoms with E-state index in [0.29, 0.717) is 11.1 Å². The summed E-state index contributed by atoms with van der Waals surface area (Å²) in [6, 6.07) is 16.7. The quantitative estimate of drug-likeness (QED) is 0.301. The van der Waals surface area contributed by atoms with Gasteiger partial charge in [-0.05, 0) is 24.3 Å². The van der Waals surface area contributed by atoms with E-state index in [9.17, 15) is 14.0 Å². The van der Waals surface area contributed by atoms with E-state index >= 15 is 0 Å². The Hall–Kier alpha value is -2.29. The van der Waals surface area contributed by atoms with Crippen LogP contribution in [0.4, 0.5) is 4.39 Å². The normalized spacial score (nSPS) is 14.1. The van der Waals surface area contributed by atoms with E-state index in [0.717, 1.165) is 0 Å². The highest BCUT2D eigenvalue weighted by molar-refractivity contribution is 9.09. The summed E-state index contributed by atoms with van der Waals surface area (Å²) < 4.78 is 25.6. The molecule has 0 radical (unpaired) electrons. The van der Waals surface area contributed by atoms with E-state index < -0.39 is 29.0 Å². The van der Waals surface area contributed by atoms with Crippen LogP contribution in [0.5, 0.6) is 0 Å². The van der Waals surface area contributed by atoms with Crippen molar-refractivity contribution in [3.05, 3.63) is 71.8 Å². The summed E-state index contributed by atoms with van der Waals surface area (Å²) in [6.45, 7) is -0.324. The molecule has 0 aliphatic rings. The van der Waals surface area contributed by atoms with E-state index in [4.69, 9.17) is 14.3 Å². The first kappa shape index (κ1) is 23.0. The summed E-state index contributed by atoms with van der Waals surface area (Å²) >= 11 is 3.31. The lowest BCUT2D eigenvalue weighted by atomic mass is 10.1. The molecule has 0 saturated heterocycles. The van der Waals surface area contributed by atoms with Gasteiger partial charge in [-0.3, -0.25) is 0 Å². The van der Waals surface area contributed by atoms with Crippen LogP contribution in [0, 0.1) is 0 Å². The van der Waals surface area contributed by atoms with Gasteiger partial charge < -0.3 is 14.3 Å². The fourth-order valence-corrected chi connectivity index (χ4v) is 3.04. The van der Waals surface area contributed by atoms with E-state index in [2.05, 4.69) is 15.9 Å². The Bertz CT molecular complexity index is 777. The smallest absolute Gasteiger partial charge is 0.338 e. The number of hydrogen-bond donors (Lipinski definition) is 0. The number of nitrogens with zero attached hydrogens (tertiary/aromatic N) is 1. The summed E-state index contributed by atoms with van der Waals surface area (Å²) in [6.07, 6.45) is -2.80. The molecule has 0 fully saturated rings. The SMILES string of the molecule is CON(C)C[C@@H](F)[C@H](OC(=O)c1ccccc1)[C@H](Br)COC(=O)c1ccccc1. The number of carbonyl (C=O) groups excluding carboxylic acids is 2. The van der Waals surface area contributed by atoms with Gasteiger partial charge >= 0.3 is 11.9 Å². The molecule has 0 spiro atoms. The first-order valence-corrected chi connectivity index (χ1v) is 9.85. The van der Waals surface area contributed by atoms with Crippen LogP contribution < -0.4 is 0 Å². The first-order valence-electron chi connectivity index (χ1n) is 8.94. The highest BCUT2D eigenvalue weighted by Gasteiger charge is 2.34. The zero-order valence-electron chi connectivity index (χ0n) is 16.2. The molecule has 0 aromatic heterocycles. The Labute approximate surface area is 177 Å². The maximum atomic E-state index is 14.9. The zero-order valence-corrected chi connectivity index (χ0v) is 17.8. The van der Waals surface area contributed by atoms with Crippen LogP contribution in [0.2, 0.25) is 0 Å². The average Bonchev–Trinajstić information content (AvgIpc) is 2.76. The van der Waals surface area contributed by atoms with Crippen molar-refractivity contribution >= 4 is 27.9 Å². The summed E-state index contributed by atoms with van der Waals surface area (Å²) in [5.41, 5.74) is 0.673. The third-order valence-corrected chi connectivity index (χ3v) is 4.88. The Balaban J connectivity index is 2.06. The Kier molecular flexibility index (Phi) is 9.24. The lowest BCUT2D eigenvalue weighted by Crippen LogP contribution is -2.43. The van der Waals surface area contributed by atoms with Crippen molar-refractivity contribution < 1.29 is 28.3 Å². The number of alkyl halides is 2. The summed E-state index contributed by atoms with van der Waals surface area (Å²) in [4.78, 5) is 28.7. The van der Waals surface area contributed by atoms with Crippen molar-refractivity contribution in [1.82, 2.24) is 5.06 Å². The molecule has 0 bridgehead atoms. The summed E-state index contributed by atoms with van der Waals surface area (Å²) in [7, 11) is 2.96. The minimum absolute atomic E-state index is 0.141. The number of rotatable bonds is 10. The topological polar surface area (TPSA) is 65.1 Å². The molecular weight excluding hydrogens is 445 g/mol. The predicted octanol–water partition coefficient (Wildman–Crippen LogP) is 3.66. The number of esters is 2. The second-order valence-electron chi connectivity index (χ2n) is 6.23. The fourth-order valence-electron chi connectivity index (χ4n) is 2.47. The monoisotopic (exact) mass is 467 g/mol. The molecule has 2 aromatic carbocycles. The van der Waals surface area contributed by atoms with Gasteiger partial charge in [0, 0.05) is 7.05 Å². The number of hydroxylamine groups is 2. The number of carbonyl (C=O) groups is 2. The molecule has 0 aliphatic heterocycles.